The molecule has 1 aliphatic carbocycles. The summed E-state index contributed by atoms with van der Waals surface area (Å²) >= 11 is 3.36. The maximum absolute atomic E-state index is 12.6. The number of ether oxygens (including phenoxy) is 1. The molecule has 0 saturated heterocycles. The summed E-state index contributed by atoms with van der Waals surface area (Å²) < 4.78 is 6.03. The Morgan fingerprint density at radius 3 is 2.14 bits per heavy atom. The van der Waals surface area contributed by atoms with E-state index in [4.69, 9.17) is 4.74 Å². The van der Waals surface area contributed by atoms with E-state index in [9.17, 15) is 19.5 Å². The van der Waals surface area contributed by atoms with Crippen molar-refractivity contribution in [3.05, 3.63) is 87.9 Å². The molecule has 0 radical (unpaired) electrons. The fourth-order valence-electron chi connectivity index (χ4n) is 4.12. The Kier molecular flexibility index (Phi) is 6.93. The fraction of sp³-hybridized carbons (Fsp3) is 0.222. The van der Waals surface area contributed by atoms with Crippen molar-refractivity contribution in [1.82, 2.24) is 5.32 Å². The third kappa shape index (κ3) is 4.93. The highest BCUT2D eigenvalue weighted by Crippen LogP contribution is 2.44. The maximum Gasteiger partial charge on any atom is 0.411 e. The van der Waals surface area contributed by atoms with Gasteiger partial charge in [0, 0.05) is 16.0 Å². The van der Waals surface area contributed by atoms with Crippen molar-refractivity contribution >= 4 is 39.6 Å². The van der Waals surface area contributed by atoms with Gasteiger partial charge in [-0.3, -0.25) is 10.1 Å². The first-order chi connectivity index (χ1) is 16.7. The summed E-state index contributed by atoms with van der Waals surface area (Å²) in [6.45, 7) is 3.32. The quantitative estimate of drug-likeness (QED) is 0.354. The van der Waals surface area contributed by atoms with Gasteiger partial charge in [0.25, 0.3) is 5.91 Å². The molecular formula is C27H25BrN2O5. The number of hydrogen-bond donors (Lipinski definition) is 3. The van der Waals surface area contributed by atoms with Gasteiger partial charge in [-0.2, -0.15) is 0 Å². The van der Waals surface area contributed by atoms with Crippen LogP contribution in [0.2, 0.25) is 0 Å². The summed E-state index contributed by atoms with van der Waals surface area (Å²) in [6.07, 6.45) is -0.384. The number of carbonyl (C=O) groups excluding carboxylic acids is 2. The van der Waals surface area contributed by atoms with Crippen LogP contribution >= 0.6 is 15.9 Å². The van der Waals surface area contributed by atoms with E-state index < -0.39 is 23.5 Å². The van der Waals surface area contributed by atoms with Crippen LogP contribution in [0.3, 0.4) is 0 Å². The molecule has 1 aliphatic rings. The molecule has 0 fully saturated rings. The van der Waals surface area contributed by atoms with Gasteiger partial charge in [0.1, 0.15) is 12.1 Å². The molecule has 0 bridgehead atoms. The Hall–Kier alpha value is -3.65. The second-order valence-electron chi connectivity index (χ2n) is 8.59. The van der Waals surface area contributed by atoms with Crippen molar-refractivity contribution < 1.29 is 24.2 Å². The summed E-state index contributed by atoms with van der Waals surface area (Å²) in [5.74, 6) is -1.68. The van der Waals surface area contributed by atoms with Crippen LogP contribution < -0.4 is 10.6 Å². The minimum absolute atomic E-state index is 0.0511. The van der Waals surface area contributed by atoms with Gasteiger partial charge in [0.05, 0.1) is 5.69 Å². The number of carboxylic acid groups (broad SMARTS) is 1. The predicted molar refractivity (Wildman–Crippen MR) is 137 cm³/mol. The van der Waals surface area contributed by atoms with Crippen LogP contribution in [0.4, 0.5) is 10.5 Å². The lowest BCUT2D eigenvalue weighted by atomic mass is 9.98. The van der Waals surface area contributed by atoms with Crippen molar-refractivity contribution in [1.29, 1.82) is 0 Å². The number of fused-ring (bicyclic) bond motifs is 3. The first-order valence-electron chi connectivity index (χ1n) is 11.2. The number of carbonyl (C=O) groups is 3. The summed E-state index contributed by atoms with van der Waals surface area (Å²) in [7, 11) is 0. The number of carboxylic acids is 1. The molecule has 3 aromatic rings. The van der Waals surface area contributed by atoms with Crippen LogP contribution in [0.15, 0.2) is 71.2 Å². The number of hydrogen-bond acceptors (Lipinski definition) is 4. The van der Waals surface area contributed by atoms with E-state index in [1.165, 1.54) is 19.1 Å². The van der Waals surface area contributed by atoms with E-state index in [-0.39, 0.29) is 24.5 Å². The average Bonchev–Trinajstić information content (AvgIpc) is 3.17. The summed E-state index contributed by atoms with van der Waals surface area (Å²) in [6, 6.07) is 20.8. The van der Waals surface area contributed by atoms with E-state index in [1.807, 2.05) is 24.3 Å². The second kappa shape index (κ2) is 9.92. The molecule has 8 heteroatoms. The summed E-state index contributed by atoms with van der Waals surface area (Å²) in [5, 5.41) is 14.6. The van der Waals surface area contributed by atoms with Gasteiger partial charge in [-0.05, 0) is 69.7 Å². The Labute approximate surface area is 211 Å². The maximum atomic E-state index is 12.6. The molecule has 0 aromatic heterocycles. The third-order valence-corrected chi connectivity index (χ3v) is 7.04. The molecule has 2 amide bonds. The van der Waals surface area contributed by atoms with Crippen LogP contribution in [-0.4, -0.2) is 35.2 Å². The smallest absolute Gasteiger partial charge is 0.411 e. The molecule has 0 spiro atoms. The molecule has 3 aromatic carbocycles. The highest BCUT2D eigenvalue weighted by Gasteiger charge is 2.33. The molecule has 1 atom stereocenters. The molecule has 0 saturated carbocycles. The highest BCUT2D eigenvalue weighted by molar-refractivity contribution is 9.10. The van der Waals surface area contributed by atoms with Crippen molar-refractivity contribution in [2.75, 3.05) is 11.9 Å². The summed E-state index contributed by atoms with van der Waals surface area (Å²) in [5.41, 5.74) is 3.86. The highest BCUT2D eigenvalue weighted by atomic mass is 79.9. The van der Waals surface area contributed by atoms with Gasteiger partial charge in [0.15, 0.2) is 0 Å². The zero-order valence-electron chi connectivity index (χ0n) is 19.3. The van der Waals surface area contributed by atoms with Crippen LogP contribution in [0.25, 0.3) is 11.1 Å². The molecule has 1 unspecified atom stereocenters. The second-order valence-corrected chi connectivity index (χ2v) is 9.44. The van der Waals surface area contributed by atoms with E-state index in [1.54, 1.807) is 13.0 Å². The molecule has 180 valence electrons. The Bertz CT molecular complexity index is 1260. The molecule has 35 heavy (non-hydrogen) atoms. The van der Waals surface area contributed by atoms with Crippen LogP contribution in [-0.2, 0) is 9.53 Å². The first-order valence-corrected chi connectivity index (χ1v) is 12.0. The molecule has 0 heterocycles. The zero-order valence-corrected chi connectivity index (χ0v) is 20.9. The lowest BCUT2D eigenvalue weighted by Gasteiger charge is -2.24. The SMILES string of the molecule is CCC(C)(NC(=O)c1ccc(NC(=O)OCC2c3ccccc3-c3ccccc32)c(Br)c1)C(=O)O. The lowest BCUT2D eigenvalue weighted by Crippen LogP contribution is -2.51. The first kappa shape index (κ1) is 24.5. The number of benzene rings is 3. The standard InChI is InChI=1S/C27H25BrN2O5/c1-3-27(2,25(32)33)30-24(31)16-12-13-23(22(28)14-16)29-26(34)35-15-21-19-10-6-4-8-17(19)18-9-5-7-11-20(18)21/h4-14,21H,3,15H2,1-2H3,(H,29,34)(H,30,31)(H,32,33). The van der Waals surface area contributed by atoms with Gasteiger partial charge in [-0.15, -0.1) is 0 Å². The van der Waals surface area contributed by atoms with Crippen molar-refractivity contribution in [2.24, 2.45) is 0 Å². The number of rotatable bonds is 7. The monoisotopic (exact) mass is 536 g/mol. The van der Waals surface area contributed by atoms with Crippen LogP contribution in [0.5, 0.6) is 0 Å². The van der Waals surface area contributed by atoms with Crippen molar-refractivity contribution in [2.45, 2.75) is 31.7 Å². The van der Waals surface area contributed by atoms with Crippen molar-refractivity contribution in [3.63, 3.8) is 0 Å². The Morgan fingerprint density at radius 1 is 1.00 bits per heavy atom. The number of halogens is 1. The normalized spacial score (nSPS) is 13.8. The van der Waals surface area contributed by atoms with Crippen LogP contribution in [0.1, 0.15) is 47.7 Å². The van der Waals surface area contributed by atoms with E-state index in [0.29, 0.717) is 10.2 Å². The van der Waals surface area contributed by atoms with Gasteiger partial charge in [-0.25, -0.2) is 9.59 Å². The van der Waals surface area contributed by atoms with E-state index in [2.05, 4.69) is 50.8 Å². The largest absolute Gasteiger partial charge is 0.480 e. The van der Waals surface area contributed by atoms with Gasteiger partial charge in [0.2, 0.25) is 0 Å². The number of anilines is 1. The molecular weight excluding hydrogens is 512 g/mol. The average molecular weight is 537 g/mol. The van der Waals surface area contributed by atoms with Gasteiger partial charge < -0.3 is 15.2 Å². The summed E-state index contributed by atoms with van der Waals surface area (Å²) in [4.78, 5) is 36.6. The van der Waals surface area contributed by atoms with Gasteiger partial charge in [-0.1, -0.05) is 55.5 Å². The topological polar surface area (TPSA) is 105 Å². The van der Waals surface area contributed by atoms with E-state index >= 15 is 0 Å². The third-order valence-electron chi connectivity index (χ3n) is 6.38. The number of amides is 2. The molecule has 3 N–H and O–H groups in total. The Morgan fingerprint density at radius 2 is 1.60 bits per heavy atom. The van der Waals surface area contributed by atoms with Crippen LogP contribution in [0, 0.1) is 0 Å². The predicted octanol–water partition coefficient (Wildman–Crippen LogP) is 5.79. The van der Waals surface area contributed by atoms with Gasteiger partial charge >= 0.3 is 12.1 Å². The number of nitrogens with one attached hydrogen (secondary N) is 2. The zero-order chi connectivity index (χ0) is 25.2. The number of aliphatic carboxylic acids is 1. The minimum Gasteiger partial charge on any atom is -0.480 e. The lowest BCUT2D eigenvalue weighted by molar-refractivity contribution is -0.143. The molecule has 4 rings (SSSR count). The Balaban J connectivity index is 1.41. The minimum atomic E-state index is -1.37. The van der Waals surface area contributed by atoms with Crippen molar-refractivity contribution in [3.8, 4) is 11.1 Å². The van der Waals surface area contributed by atoms with E-state index in [0.717, 1.165) is 22.3 Å². The molecule has 0 aliphatic heterocycles. The fourth-order valence-corrected chi connectivity index (χ4v) is 4.60. The molecule has 7 nitrogen and oxygen atoms in total.